The molecule has 0 spiro atoms. The van der Waals surface area contributed by atoms with E-state index < -0.39 is 16.1 Å². The molecule has 0 aromatic heterocycles. The third kappa shape index (κ3) is 6.57. The fourth-order valence-corrected chi connectivity index (χ4v) is 3.51. The Morgan fingerprint density at radius 3 is 2.52 bits per heavy atom. The molecule has 1 aromatic rings. The Morgan fingerprint density at radius 2 is 1.96 bits per heavy atom. The number of ether oxygens (including phenoxy) is 1. The fourth-order valence-electron chi connectivity index (χ4n) is 3.00. The number of sulfonamides is 1. The minimum absolute atomic E-state index is 0.119. The average Bonchev–Trinajstić information content (AvgIpc) is 2.66. The zero-order chi connectivity index (χ0) is 19.9. The minimum atomic E-state index is -3.31. The predicted molar refractivity (Wildman–Crippen MR) is 109 cm³/mol. The van der Waals surface area contributed by atoms with Gasteiger partial charge in [-0.1, -0.05) is 18.6 Å². The Labute approximate surface area is 162 Å². The van der Waals surface area contributed by atoms with Crippen LogP contribution in [-0.2, 0) is 14.8 Å². The molecular weight excluding hydrogens is 364 g/mol. The molecule has 0 aliphatic heterocycles. The van der Waals surface area contributed by atoms with Crippen molar-refractivity contribution >= 4 is 21.6 Å². The molecule has 0 heterocycles. The minimum Gasteiger partial charge on any atom is -0.481 e. The molecule has 1 amide bonds. The number of rotatable bonds is 9. The lowest BCUT2D eigenvalue weighted by Crippen LogP contribution is -2.38. The van der Waals surface area contributed by atoms with Gasteiger partial charge in [-0.3, -0.25) is 9.10 Å². The Balaban J connectivity index is 1.87. The highest BCUT2D eigenvalue weighted by molar-refractivity contribution is 7.92. The Morgan fingerprint density at radius 1 is 1.26 bits per heavy atom. The molecule has 7 heteroatoms. The molecule has 6 nitrogen and oxygen atoms in total. The van der Waals surface area contributed by atoms with Crippen molar-refractivity contribution in [2.24, 2.45) is 0 Å². The summed E-state index contributed by atoms with van der Waals surface area (Å²) in [5, 5.41) is 2.96. The van der Waals surface area contributed by atoms with Gasteiger partial charge in [-0.05, 0) is 62.8 Å². The van der Waals surface area contributed by atoms with Gasteiger partial charge in [0.05, 0.1) is 11.9 Å². The lowest BCUT2D eigenvalue weighted by atomic mass is 9.97. The first kappa shape index (κ1) is 21.3. The first-order valence-electron chi connectivity index (χ1n) is 9.47. The van der Waals surface area contributed by atoms with Crippen LogP contribution >= 0.6 is 0 Å². The molecule has 0 bridgehead atoms. The maximum absolute atomic E-state index is 12.4. The van der Waals surface area contributed by atoms with Crippen LogP contribution in [0.15, 0.2) is 35.9 Å². The topological polar surface area (TPSA) is 75.7 Å². The maximum Gasteiger partial charge on any atom is 0.261 e. The van der Waals surface area contributed by atoms with Crippen LogP contribution in [-0.4, -0.2) is 40.3 Å². The van der Waals surface area contributed by atoms with E-state index >= 15 is 0 Å². The molecule has 27 heavy (non-hydrogen) atoms. The summed E-state index contributed by atoms with van der Waals surface area (Å²) in [6.45, 7) is 2.53. The second kappa shape index (κ2) is 9.78. The zero-order valence-electron chi connectivity index (χ0n) is 16.4. The van der Waals surface area contributed by atoms with Crippen LogP contribution in [0.2, 0.25) is 0 Å². The van der Waals surface area contributed by atoms with E-state index in [1.54, 1.807) is 24.3 Å². The number of hydrogen-bond acceptors (Lipinski definition) is 4. The summed E-state index contributed by atoms with van der Waals surface area (Å²) in [5.74, 6) is 0.420. The van der Waals surface area contributed by atoms with E-state index in [4.69, 9.17) is 4.74 Å². The van der Waals surface area contributed by atoms with E-state index in [1.165, 1.54) is 29.8 Å². The first-order chi connectivity index (χ1) is 12.8. The number of benzene rings is 1. The Hall–Kier alpha value is -2.02. The molecule has 1 aliphatic carbocycles. The predicted octanol–water partition coefficient (Wildman–Crippen LogP) is 3.25. The largest absolute Gasteiger partial charge is 0.481 e. The molecule has 2 rings (SSSR count). The van der Waals surface area contributed by atoms with Gasteiger partial charge < -0.3 is 10.1 Å². The molecular formula is C20H30N2O4S. The molecule has 1 atom stereocenters. The number of carbonyl (C=O) groups excluding carboxylic acids is 1. The van der Waals surface area contributed by atoms with Crippen LogP contribution in [0.1, 0.15) is 45.4 Å². The van der Waals surface area contributed by atoms with Gasteiger partial charge >= 0.3 is 0 Å². The first-order valence-corrected chi connectivity index (χ1v) is 11.3. The van der Waals surface area contributed by atoms with E-state index in [-0.39, 0.29) is 5.91 Å². The van der Waals surface area contributed by atoms with Crippen molar-refractivity contribution in [3.05, 3.63) is 35.9 Å². The normalized spacial score (nSPS) is 15.6. The molecule has 0 fully saturated rings. The van der Waals surface area contributed by atoms with Gasteiger partial charge in [-0.25, -0.2) is 8.42 Å². The lowest BCUT2D eigenvalue weighted by molar-refractivity contribution is -0.128. The number of allylic oxidation sites excluding steroid dienone is 1. The van der Waals surface area contributed by atoms with Gasteiger partial charge in [0.25, 0.3) is 5.91 Å². The quantitative estimate of drug-likeness (QED) is 0.653. The third-order valence-electron chi connectivity index (χ3n) is 4.77. The van der Waals surface area contributed by atoms with Gasteiger partial charge in [-0.15, -0.1) is 0 Å². The molecule has 1 aliphatic rings. The molecule has 150 valence electrons. The van der Waals surface area contributed by atoms with E-state index in [2.05, 4.69) is 11.4 Å². The van der Waals surface area contributed by atoms with Crippen LogP contribution in [0.25, 0.3) is 0 Å². The summed E-state index contributed by atoms with van der Waals surface area (Å²) in [7, 11) is -1.81. The number of nitrogens with one attached hydrogen (secondary N) is 1. The van der Waals surface area contributed by atoms with Crippen molar-refractivity contribution < 1.29 is 17.9 Å². The number of hydrogen-bond donors (Lipinski definition) is 1. The van der Waals surface area contributed by atoms with Gasteiger partial charge in [0, 0.05) is 13.6 Å². The van der Waals surface area contributed by atoms with Crippen molar-refractivity contribution in [2.75, 3.05) is 24.2 Å². The van der Waals surface area contributed by atoms with E-state index in [0.717, 1.165) is 25.5 Å². The third-order valence-corrected chi connectivity index (χ3v) is 5.98. The van der Waals surface area contributed by atoms with Crippen LogP contribution in [0.5, 0.6) is 5.75 Å². The maximum atomic E-state index is 12.4. The summed E-state index contributed by atoms with van der Waals surface area (Å²) in [4.78, 5) is 12.4. The molecule has 0 radical (unpaired) electrons. The van der Waals surface area contributed by atoms with E-state index in [1.807, 2.05) is 6.92 Å². The number of nitrogens with zero attached hydrogens (tertiary/aromatic N) is 1. The van der Waals surface area contributed by atoms with Crippen molar-refractivity contribution in [2.45, 2.75) is 51.6 Å². The second-order valence-electron chi connectivity index (χ2n) is 6.89. The summed E-state index contributed by atoms with van der Waals surface area (Å²) in [5.41, 5.74) is 1.98. The Bertz CT molecular complexity index is 757. The molecule has 0 saturated carbocycles. The fraction of sp³-hybridized carbons (Fsp3) is 0.550. The van der Waals surface area contributed by atoms with Crippen molar-refractivity contribution in [1.82, 2.24) is 5.32 Å². The number of carbonyl (C=O) groups is 1. The molecule has 1 aromatic carbocycles. The number of amides is 1. The summed E-state index contributed by atoms with van der Waals surface area (Å²) >= 11 is 0. The van der Waals surface area contributed by atoms with Gasteiger partial charge in [0.15, 0.2) is 6.10 Å². The van der Waals surface area contributed by atoms with Crippen molar-refractivity contribution in [1.29, 1.82) is 0 Å². The highest BCUT2D eigenvalue weighted by Gasteiger charge is 2.19. The van der Waals surface area contributed by atoms with Crippen molar-refractivity contribution in [3.63, 3.8) is 0 Å². The number of anilines is 1. The smallest absolute Gasteiger partial charge is 0.261 e. The summed E-state index contributed by atoms with van der Waals surface area (Å²) in [6.07, 6.45) is 9.12. The molecule has 1 unspecified atom stereocenters. The van der Waals surface area contributed by atoms with E-state index in [9.17, 15) is 13.2 Å². The second-order valence-corrected chi connectivity index (χ2v) is 8.90. The van der Waals surface area contributed by atoms with Crippen molar-refractivity contribution in [3.8, 4) is 5.75 Å². The van der Waals surface area contributed by atoms with Crippen LogP contribution < -0.4 is 14.4 Å². The van der Waals surface area contributed by atoms with E-state index in [0.29, 0.717) is 24.4 Å². The average molecular weight is 395 g/mol. The molecule has 1 N–H and O–H groups in total. The highest BCUT2D eigenvalue weighted by Crippen LogP contribution is 2.22. The van der Waals surface area contributed by atoms with Crippen LogP contribution in [0, 0.1) is 0 Å². The van der Waals surface area contributed by atoms with Gasteiger partial charge in [0.2, 0.25) is 10.0 Å². The summed E-state index contributed by atoms with van der Waals surface area (Å²) in [6, 6.07) is 6.69. The van der Waals surface area contributed by atoms with Gasteiger partial charge in [-0.2, -0.15) is 0 Å². The standard InChI is InChI=1S/C20H30N2O4S/c1-4-19(20(23)21-15-14-16-8-6-5-7-9-16)26-18-12-10-17(11-13-18)22(2)27(3,24)25/h8,10-13,19H,4-7,9,14-15H2,1-3H3,(H,21,23). The zero-order valence-corrected chi connectivity index (χ0v) is 17.2. The van der Waals surface area contributed by atoms with Gasteiger partial charge in [0.1, 0.15) is 5.75 Å². The van der Waals surface area contributed by atoms with Crippen LogP contribution in [0.4, 0.5) is 5.69 Å². The van der Waals surface area contributed by atoms with Crippen LogP contribution in [0.3, 0.4) is 0 Å². The molecule has 0 saturated heterocycles. The Kier molecular flexibility index (Phi) is 7.71. The highest BCUT2D eigenvalue weighted by atomic mass is 32.2. The monoisotopic (exact) mass is 394 g/mol. The lowest BCUT2D eigenvalue weighted by Gasteiger charge is -2.20. The SMILES string of the molecule is CCC(Oc1ccc(N(C)S(C)(=O)=O)cc1)C(=O)NCCC1=CCCCC1. The summed E-state index contributed by atoms with van der Waals surface area (Å²) < 4.78 is 30.2.